The molecule has 0 bridgehead atoms. The average molecular weight is 374 g/mol. The molecular formula is C19H19FN2O5. The van der Waals surface area contributed by atoms with Crippen LogP contribution in [0, 0.1) is 5.82 Å². The summed E-state index contributed by atoms with van der Waals surface area (Å²) in [6.45, 7) is 0.926. The van der Waals surface area contributed by atoms with Gasteiger partial charge in [0.25, 0.3) is 5.91 Å². The Morgan fingerprint density at radius 3 is 2.19 bits per heavy atom. The highest BCUT2D eigenvalue weighted by molar-refractivity contribution is 5.93. The second-order valence-electron chi connectivity index (χ2n) is 5.61. The number of hydrogen-bond acceptors (Lipinski definition) is 5. The van der Waals surface area contributed by atoms with E-state index >= 15 is 0 Å². The highest BCUT2D eigenvalue weighted by Gasteiger charge is 2.11. The Labute approximate surface area is 155 Å². The molecule has 27 heavy (non-hydrogen) atoms. The van der Waals surface area contributed by atoms with Crippen molar-refractivity contribution in [3.63, 3.8) is 0 Å². The zero-order valence-electron chi connectivity index (χ0n) is 14.9. The van der Waals surface area contributed by atoms with Gasteiger partial charge in [0.1, 0.15) is 0 Å². The van der Waals surface area contributed by atoms with Crippen molar-refractivity contribution in [2.75, 3.05) is 24.4 Å². The number of amides is 2. The van der Waals surface area contributed by atoms with Gasteiger partial charge < -0.3 is 20.1 Å². The molecule has 0 aliphatic carbocycles. The molecule has 0 aliphatic heterocycles. The van der Waals surface area contributed by atoms with Crippen LogP contribution < -0.4 is 15.4 Å². The minimum absolute atomic E-state index is 0.0796. The first-order chi connectivity index (χ1) is 12.9. The van der Waals surface area contributed by atoms with Gasteiger partial charge in [0, 0.05) is 18.3 Å². The Kier molecular flexibility index (Phi) is 6.87. The van der Waals surface area contributed by atoms with Crippen molar-refractivity contribution in [2.24, 2.45) is 0 Å². The lowest BCUT2D eigenvalue weighted by atomic mass is 10.1. The fourth-order valence-corrected chi connectivity index (χ4v) is 2.22. The number of halogens is 1. The summed E-state index contributed by atoms with van der Waals surface area (Å²) in [6.07, 6.45) is -0.167. The van der Waals surface area contributed by atoms with Crippen molar-refractivity contribution in [2.45, 2.75) is 13.3 Å². The van der Waals surface area contributed by atoms with Gasteiger partial charge >= 0.3 is 5.97 Å². The normalized spacial score (nSPS) is 10.0. The smallest absolute Gasteiger partial charge is 0.310 e. The van der Waals surface area contributed by atoms with Gasteiger partial charge in [0.05, 0.1) is 13.5 Å². The lowest BCUT2D eigenvalue weighted by molar-refractivity contribution is -0.146. The summed E-state index contributed by atoms with van der Waals surface area (Å²) in [6, 6.07) is 10.6. The van der Waals surface area contributed by atoms with E-state index in [0.717, 1.165) is 0 Å². The van der Waals surface area contributed by atoms with Crippen LogP contribution in [0.1, 0.15) is 12.5 Å². The predicted molar refractivity (Wildman–Crippen MR) is 97.0 cm³/mol. The number of methoxy groups -OCH3 is 1. The number of carbonyl (C=O) groups excluding carboxylic acids is 3. The Hall–Kier alpha value is -3.42. The molecule has 0 aliphatic rings. The zero-order chi connectivity index (χ0) is 19.8. The highest BCUT2D eigenvalue weighted by Crippen LogP contribution is 2.18. The van der Waals surface area contributed by atoms with Crippen LogP contribution in [-0.4, -0.2) is 31.5 Å². The van der Waals surface area contributed by atoms with E-state index < -0.39 is 24.3 Å². The van der Waals surface area contributed by atoms with Crippen molar-refractivity contribution in [3.05, 3.63) is 53.8 Å². The number of carbonyl (C=O) groups is 3. The van der Waals surface area contributed by atoms with Crippen molar-refractivity contribution in [1.82, 2.24) is 0 Å². The number of benzene rings is 2. The molecule has 0 spiro atoms. The third kappa shape index (κ3) is 6.43. The molecule has 0 heterocycles. The van der Waals surface area contributed by atoms with Gasteiger partial charge in [-0.25, -0.2) is 4.39 Å². The van der Waals surface area contributed by atoms with E-state index in [4.69, 9.17) is 9.47 Å². The van der Waals surface area contributed by atoms with Gasteiger partial charge in [0.2, 0.25) is 5.91 Å². The second-order valence-corrected chi connectivity index (χ2v) is 5.61. The van der Waals surface area contributed by atoms with Crippen LogP contribution in [0.2, 0.25) is 0 Å². The Morgan fingerprint density at radius 2 is 1.63 bits per heavy atom. The molecule has 8 heteroatoms. The standard InChI is InChI=1S/C19H19FN2O5/c1-12(23)21-14-4-6-15(7-5-14)22-18(24)11-27-19(25)10-13-3-8-17(26-2)16(20)9-13/h3-9H,10-11H2,1-2H3,(H,21,23)(H,22,24). The average Bonchev–Trinajstić information content (AvgIpc) is 2.61. The molecule has 2 aromatic rings. The molecular weight excluding hydrogens is 355 g/mol. The molecule has 2 rings (SSSR count). The number of esters is 1. The van der Waals surface area contributed by atoms with Crippen molar-refractivity contribution in [1.29, 1.82) is 0 Å². The predicted octanol–water partition coefficient (Wildman–Crippen LogP) is 2.52. The SMILES string of the molecule is COc1ccc(CC(=O)OCC(=O)Nc2ccc(NC(C)=O)cc2)cc1F. The van der Waals surface area contributed by atoms with Gasteiger partial charge in [-0.1, -0.05) is 6.07 Å². The van der Waals surface area contributed by atoms with Crippen LogP contribution in [0.25, 0.3) is 0 Å². The molecule has 0 fully saturated rings. The number of ether oxygens (including phenoxy) is 2. The fraction of sp³-hybridized carbons (Fsp3) is 0.211. The van der Waals surface area contributed by atoms with E-state index in [0.29, 0.717) is 16.9 Å². The van der Waals surface area contributed by atoms with Crippen LogP contribution in [0.15, 0.2) is 42.5 Å². The first kappa shape index (κ1) is 19.9. The molecule has 0 aromatic heterocycles. The molecule has 0 saturated carbocycles. The first-order valence-electron chi connectivity index (χ1n) is 8.03. The molecule has 0 unspecified atom stereocenters. The summed E-state index contributed by atoms with van der Waals surface area (Å²) >= 11 is 0. The van der Waals surface area contributed by atoms with Crippen LogP contribution >= 0.6 is 0 Å². The molecule has 2 amide bonds. The lowest BCUT2D eigenvalue weighted by Gasteiger charge is -2.08. The van der Waals surface area contributed by atoms with E-state index in [-0.39, 0.29) is 18.1 Å². The maximum absolute atomic E-state index is 13.6. The first-order valence-corrected chi connectivity index (χ1v) is 8.03. The lowest BCUT2D eigenvalue weighted by Crippen LogP contribution is -2.21. The summed E-state index contributed by atoms with van der Waals surface area (Å²) in [5.41, 5.74) is 1.49. The maximum atomic E-state index is 13.6. The van der Waals surface area contributed by atoms with Crippen LogP contribution in [0.3, 0.4) is 0 Å². The van der Waals surface area contributed by atoms with E-state index in [1.165, 1.54) is 26.2 Å². The minimum atomic E-state index is -0.657. The molecule has 0 atom stereocenters. The second kappa shape index (κ2) is 9.33. The van der Waals surface area contributed by atoms with Crippen LogP contribution in [0.5, 0.6) is 5.75 Å². The molecule has 0 radical (unpaired) electrons. The van der Waals surface area contributed by atoms with Gasteiger partial charge in [-0.2, -0.15) is 0 Å². The third-order valence-corrected chi connectivity index (χ3v) is 3.42. The number of hydrogen-bond donors (Lipinski definition) is 2. The number of rotatable bonds is 7. The summed E-state index contributed by atoms with van der Waals surface area (Å²) in [5.74, 6) is -1.87. The Bertz CT molecular complexity index is 836. The number of anilines is 2. The summed E-state index contributed by atoms with van der Waals surface area (Å²) in [7, 11) is 1.35. The van der Waals surface area contributed by atoms with Crippen molar-refractivity contribution < 1.29 is 28.2 Å². The van der Waals surface area contributed by atoms with E-state index in [9.17, 15) is 18.8 Å². The van der Waals surface area contributed by atoms with E-state index in [1.807, 2.05) is 0 Å². The minimum Gasteiger partial charge on any atom is -0.494 e. The zero-order valence-corrected chi connectivity index (χ0v) is 14.9. The molecule has 7 nitrogen and oxygen atoms in total. The van der Waals surface area contributed by atoms with E-state index in [1.54, 1.807) is 30.3 Å². The van der Waals surface area contributed by atoms with Gasteiger partial charge in [-0.15, -0.1) is 0 Å². The summed E-state index contributed by atoms with van der Waals surface area (Å²) in [4.78, 5) is 34.6. The van der Waals surface area contributed by atoms with E-state index in [2.05, 4.69) is 10.6 Å². The van der Waals surface area contributed by atoms with Crippen molar-refractivity contribution >= 4 is 29.2 Å². The Balaban J connectivity index is 1.80. The fourth-order valence-electron chi connectivity index (χ4n) is 2.22. The van der Waals surface area contributed by atoms with Gasteiger partial charge in [-0.3, -0.25) is 14.4 Å². The monoisotopic (exact) mass is 374 g/mol. The maximum Gasteiger partial charge on any atom is 0.310 e. The molecule has 0 saturated heterocycles. The van der Waals surface area contributed by atoms with Gasteiger partial charge in [0.15, 0.2) is 18.2 Å². The van der Waals surface area contributed by atoms with Crippen molar-refractivity contribution in [3.8, 4) is 5.75 Å². The van der Waals surface area contributed by atoms with Gasteiger partial charge in [-0.05, 0) is 42.0 Å². The van der Waals surface area contributed by atoms with Crippen LogP contribution in [-0.2, 0) is 25.5 Å². The topological polar surface area (TPSA) is 93.7 Å². The largest absolute Gasteiger partial charge is 0.494 e. The molecule has 2 aromatic carbocycles. The summed E-state index contributed by atoms with van der Waals surface area (Å²) < 4.78 is 23.3. The van der Waals surface area contributed by atoms with Crippen LogP contribution in [0.4, 0.5) is 15.8 Å². The molecule has 142 valence electrons. The third-order valence-electron chi connectivity index (χ3n) is 3.42. The number of nitrogens with one attached hydrogen (secondary N) is 2. The highest BCUT2D eigenvalue weighted by atomic mass is 19.1. The Morgan fingerprint density at radius 1 is 1.00 bits per heavy atom. The quantitative estimate of drug-likeness (QED) is 0.727. The molecule has 2 N–H and O–H groups in total. The summed E-state index contributed by atoms with van der Waals surface area (Å²) in [5, 5.41) is 5.16.